The maximum atomic E-state index is 10.8. The Hall–Kier alpha value is -2.18. The van der Waals surface area contributed by atoms with Crippen molar-refractivity contribution in [2.45, 2.75) is 13.3 Å². The minimum Gasteiger partial charge on any atom is -0.478 e. The molecule has 0 saturated carbocycles. The summed E-state index contributed by atoms with van der Waals surface area (Å²) in [5.41, 5.74) is 5.15. The Labute approximate surface area is 91.4 Å². The van der Waals surface area contributed by atoms with Gasteiger partial charge in [0.2, 0.25) is 11.8 Å². The van der Waals surface area contributed by atoms with Crippen molar-refractivity contribution >= 4 is 11.6 Å². The highest BCUT2D eigenvalue weighted by atomic mass is 16.6. The quantitative estimate of drug-likeness (QED) is 0.576. The first-order valence-corrected chi connectivity index (χ1v) is 4.59. The second-order valence-electron chi connectivity index (χ2n) is 2.99. The molecule has 1 amide bonds. The van der Waals surface area contributed by atoms with Crippen molar-refractivity contribution in [2.75, 3.05) is 6.61 Å². The maximum absolute atomic E-state index is 10.8. The van der Waals surface area contributed by atoms with Gasteiger partial charge in [0, 0.05) is 11.6 Å². The normalized spacial score (nSPS) is 9.81. The molecule has 7 heteroatoms. The van der Waals surface area contributed by atoms with Crippen LogP contribution >= 0.6 is 0 Å². The molecule has 0 atom stereocenters. The molecule has 0 aliphatic heterocycles. The number of aromatic nitrogens is 1. The molecule has 1 heterocycles. The van der Waals surface area contributed by atoms with Gasteiger partial charge in [-0.1, -0.05) is 0 Å². The van der Waals surface area contributed by atoms with Gasteiger partial charge < -0.3 is 10.5 Å². The van der Waals surface area contributed by atoms with Crippen molar-refractivity contribution in [3.05, 3.63) is 27.9 Å². The van der Waals surface area contributed by atoms with Crippen molar-refractivity contribution in [1.82, 2.24) is 4.98 Å². The molecule has 2 N–H and O–H groups in total. The molecule has 0 unspecified atom stereocenters. The second kappa shape index (κ2) is 5.06. The summed E-state index contributed by atoms with van der Waals surface area (Å²) in [5.74, 6) is -0.393. The Bertz CT molecular complexity index is 419. The summed E-state index contributed by atoms with van der Waals surface area (Å²) in [6.07, 6.45) is 0.944. The molecule has 1 aromatic rings. The van der Waals surface area contributed by atoms with Crippen molar-refractivity contribution in [2.24, 2.45) is 5.73 Å². The van der Waals surface area contributed by atoms with Gasteiger partial charge >= 0.3 is 0 Å². The van der Waals surface area contributed by atoms with Gasteiger partial charge in [0.25, 0.3) is 5.69 Å². The fourth-order valence-electron chi connectivity index (χ4n) is 1.17. The summed E-state index contributed by atoms with van der Waals surface area (Å²) in [6.45, 7) is 2.10. The Kier molecular flexibility index (Phi) is 3.76. The largest absolute Gasteiger partial charge is 0.478 e. The highest BCUT2D eigenvalue weighted by Gasteiger charge is 2.14. The molecule has 0 aliphatic rings. The molecule has 86 valence electrons. The zero-order valence-electron chi connectivity index (χ0n) is 8.67. The van der Waals surface area contributed by atoms with Crippen LogP contribution in [0.5, 0.6) is 5.88 Å². The lowest BCUT2D eigenvalue weighted by atomic mass is 10.2. The van der Waals surface area contributed by atoms with Gasteiger partial charge in [-0.3, -0.25) is 14.9 Å². The Morgan fingerprint density at radius 1 is 1.69 bits per heavy atom. The van der Waals surface area contributed by atoms with Crippen LogP contribution in [0.4, 0.5) is 5.69 Å². The maximum Gasteiger partial charge on any atom is 0.288 e. The van der Waals surface area contributed by atoms with Crippen molar-refractivity contribution < 1.29 is 14.5 Å². The predicted molar refractivity (Wildman–Crippen MR) is 55.0 cm³/mol. The number of carbonyl (C=O) groups is 1. The van der Waals surface area contributed by atoms with Gasteiger partial charge in [-0.15, -0.1) is 0 Å². The fraction of sp³-hybridized carbons (Fsp3) is 0.333. The van der Waals surface area contributed by atoms with E-state index >= 15 is 0 Å². The van der Waals surface area contributed by atoms with Crippen LogP contribution < -0.4 is 10.5 Å². The number of ether oxygens (including phenoxy) is 1. The number of hydrogen-bond donors (Lipinski definition) is 1. The van der Waals surface area contributed by atoms with Crippen LogP contribution in [0.25, 0.3) is 0 Å². The van der Waals surface area contributed by atoms with Crippen LogP contribution in [-0.2, 0) is 11.2 Å². The number of rotatable bonds is 5. The third-order valence-electron chi connectivity index (χ3n) is 1.77. The zero-order chi connectivity index (χ0) is 12.1. The predicted octanol–water partition coefficient (Wildman–Crippen LogP) is 0.416. The average Bonchev–Trinajstić information content (AvgIpc) is 2.19. The minimum absolute atomic E-state index is 0.135. The first kappa shape index (κ1) is 11.9. The van der Waals surface area contributed by atoms with E-state index in [1.165, 1.54) is 6.07 Å². The zero-order valence-corrected chi connectivity index (χ0v) is 8.67. The number of amides is 1. The topological polar surface area (TPSA) is 108 Å². The van der Waals surface area contributed by atoms with Gasteiger partial charge in [-0.2, -0.15) is 0 Å². The molecule has 7 nitrogen and oxygen atoms in total. The summed E-state index contributed by atoms with van der Waals surface area (Å²) in [5, 5.41) is 10.5. The standard InChI is InChI=1S/C9H11N3O4/c1-2-16-9-6(4-8(10)13)3-7(5-11-9)12(14)15/h3,5H,2,4H2,1H3,(H2,10,13). The van der Waals surface area contributed by atoms with Crippen molar-refractivity contribution in [3.8, 4) is 5.88 Å². The van der Waals surface area contributed by atoms with Crippen LogP contribution in [0.3, 0.4) is 0 Å². The smallest absolute Gasteiger partial charge is 0.288 e. The number of hydrogen-bond acceptors (Lipinski definition) is 5. The third-order valence-corrected chi connectivity index (χ3v) is 1.77. The molecule has 0 aromatic carbocycles. The molecule has 0 aliphatic carbocycles. The van der Waals surface area contributed by atoms with Crippen molar-refractivity contribution in [1.29, 1.82) is 0 Å². The first-order chi connectivity index (χ1) is 7.54. The highest BCUT2D eigenvalue weighted by molar-refractivity contribution is 5.77. The van der Waals surface area contributed by atoms with Gasteiger partial charge in [-0.05, 0) is 6.92 Å². The van der Waals surface area contributed by atoms with Gasteiger partial charge in [0.15, 0.2) is 0 Å². The Morgan fingerprint density at radius 2 is 2.38 bits per heavy atom. The van der Waals surface area contributed by atoms with E-state index in [0.29, 0.717) is 12.2 Å². The molecule has 0 bridgehead atoms. The molecule has 16 heavy (non-hydrogen) atoms. The SMILES string of the molecule is CCOc1ncc([N+](=O)[O-])cc1CC(N)=O. The minimum atomic E-state index is -0.594. The molecule has 1 rings (SSSR count). The number of carbonyl (C=O) groups excluding carboxylic acids is 1. The number of nitrogens with two attached hydrogens (primary N) is 1. The highest BCUT2D eigenvalue weighted by Crippen LogP contribution is 2.21. The second-order valence-corrected chi connectivity index (χ2v) is 2.99. The summed E-state index contributed by atoms with van der Waals surface area (Å²) in [4.78, 5) is 24.5. The van der Waals surface area contributed by atoms with E-state index in [1.807, 2.05) is 0 Å². The van der Waals surface area contributed by atoms with E-state index in [2.05, 4.69) is 4.98 Å². The van der Waals surface area contributed by atoms with Crippen LogP contribution in [-0.4, -0.2) is 22.4 Å². The van der Waals surface area contributed by atoms with E-state index in [-0.39, 0.29) is 18.0 Å². The molecule has 1 aromatic heterocycles. The number of pyridine rings is 1. The van der Waals surface area contributed by atoms with E-state index in [4.69, 9.17) is 10.5 Å². The van der Waals surface area contributed by atoms with Gasteiger partial charge in [-0.25, -0.2) is 4.98 Å². The Balaban J connectivity index is 3.09. The summed E-state index contributed by atoms with van der Waals surface area (Å²) < 4.78 is 5.13. The lowest BCUT2D eigenvalue weighted by molar-refractivity contribution is -0.385. The Morgan fingerprint density at radius 3 is 2.88 bits per heavy atom. The van der Waals surface area contributed by atoms with Crippen molar-refractivity contribution in [3.63, 3.8) is 0 Å². The molecule has 0 fully saturated rings. The summed E-state index contributed by atoms with van der Waals surface area (Å²) in [6, 6.07) is 1.24. The van der Waals surface area contributed by atoms with Gasteiger partial charge in [0.05, 0.1) is 18.0 Å². The van der Waals surface area contributed by atoms with Crippen LogP contribution in [0.15, 0.2) is 12.3 Å². The molecule has 0 saturated heterocycles. The molecular formula is C9H11N3O4. The number of primary amides is 1. The average molecular weight is 225 g/mol. The van der Waals surface area contributed by atoms with Crippen LogP contribution in [0, 0.1) is 10.1 Å². The van der Waals surface area contributed by atoms with Crippen LogP contribution in [0.1, 0.15) is 12.5 Å². The fourth-order valence-corrected chi connectivity index (χ4v) is 1.17. The monoisotopic (exact) mass is 225 g/mol. The van der Waals surface area contributed by atoms with E-state index in [9.17, 15) is 14.9 Å². The molecule has 0 radical (unpaired) electrons. The lowest BCUT2D eigenvalue weighted by Gasteiger charge is -2.06. The van der Waals surface area contributed by atoms with Gasteiger partial charge in [0.1, 0.15) is 6.20 Å². The number of nitrogens with zero attached hydrogens (tertiary/aromatic N) is 2. The molecular weight excluding hydrogens is 214 g/mol. The number of nitro groups is 1. The third kappa shape index (κ3) is 2.91. The van der Waals surface area contributed by atoms with E-state index in [1.54, 1.807) is 6.92 Å². The summed E-state index contributed by atoms with van der Waals surface area (Å²) >= 11 is 0. The lowest BCUT2D eigenvalue weighted by Crippen LogP contribution is -2.15. The first-order valence-electron chi connectivity index (χ1n) is 4.59. The van der Waals surface area contributed by atoms with Crippen LogP contribution in [0.2, 0.25) is 0 Å². The van der Waals surface area contributed by atoms with E-state index < -0.39 is 10.8 Å². The molecule has 0 spiro atoms. The summed E-state index contributed by atoms with van der Waals surface area (Å²) in [7, 11) is 0. The van der Waals surface area contributed by atoms with E-state index in [0.717, 1.165) is 6.20 Å².